The molecule has 1 aromatic rings. The average molecular weight is 246 g/mol. The van der Waals surface area contributed by atoms with Crippen LogP contribution in [0.2, 0.25) is 0 Å². The Hall–Kier alpha value is -1.22. The Kier molecular flexibility index (Phi) is 2.94. The number of hydrogen-bond acceptors (Lipinski definition) is 3. The summed E-state index contributed by atoms with van der Waals surface area (Å²) in [7, 11) is 2.26. The second-order valence-corrected chi connectivity index (χ2v) is 5.78. The van der Waals surface area contributed by atoms with Gasteiger partial charge in [0.25, 0.3) is 0 Å². The van der Waals surface area contributed by atoms with Crippen molar-refractivity contribution in [3.8, 4) is 5.75 Å². The van der Waals surface area contributed by atoms with Crippen molar-refractivity contribution in [3.05, 3.63) is 23.8 Å². The van der Waals surface area contributed by atoms with Gasteiger partial charge in [-0.2, -0.15) is 0 Å². The number of ether oxygens (including phenoxy) is 1. The molecule has 2 aliphatic rings. The molecule has 2 fully saturated rings. The van der Waals surface area contributed by atoms with E-state index in [1.807, 2.05) is 19.1 Å². The lowest BCUT2D eigenvalue weighted by Gasteiger charge is -2.36. The van der Waals surface area contributed by atoms with E-state index in [4.69, 9.17) is 10.5 Å². The van der Waals surface area contributed by atoms with Gasteiger partial charge in [-0.1, -0.05) is 0 Å². The topological polar surface area (TPSA) is 38.5 Å². The van der Waals surface area contributed by atoms with Crippen LogP contribution >= 0.6 is 0 Å². The molecule has 2 N–H and O–H groups in total. The molecule has 18 heavy (non-hydrogen) atoms. The van der Waals surface area contributed by atoms with E-state index in [1.165, 1.54) is 12.8 Å². The fourth-order valence-electron chi connectivity index (χ4n) is 3.37. The van der Waals surface area contributed by atoms with Crippen molar-refractivity contribution in [2.75, 3.05) is 12.8 Å². The SMILES string of the molecule is Cc1cc(OC2CC3CCC(C2)N3C)ccc1N. The molecule has 0 saturated carbocycles. The van der Waals surface area contributed by atoms with Crippen LogP contribution in [0.25, 0.3) is 0 Å². The van der Waals surface area contributed by atoms with Crippen LogP contribution in [0.3, 0.4) is 0 Å². The molecule has 2 atom stereocenters. The molecule has 1 aromatic carbocycles. The van der Waals surface area contributed by atoms with Crippen LogP contribution in [0.1, 0.15) is 31.2 Å². The molecule has 2 saturated heterocycles. The maximum absolute atomic E-state index is 6.14. The molecule has 2 bridgehead atoms. The molecule has 0 amide bonds. The number of nitrogens with two attached hydrogens (primary N) is 1. The van der Waals surface area contributed by atoms with Crippen LogP contribution in [0.4, 0.5) is 5.69 Å². The average Bonchev–Trinajstić information content (AvgIpc) is 2.58. The Morgan fingerprint density at radius 1 is 1.22 bits per heavy atom. The summed E-state index contributed by atoms with van der Waals surface area (Å²) in [4.78, 5) is 2.54. The number of aryl methyl sites for hydroxylation is 1. The van der Waals surface area contributed by atoms with Crippen molar-refractivity contribution in [1.82, 2.24) is 4.90 Å². The third-order valence-electron chi connectivity index (χ3n) is 4.60. The maximum atomic E-state index is 6.14. The van der Waals surface area contributed by atoms with Crippen LogP contribution < -0.4 is 10.5 Å². The molecule has 0 spiro atoms. The Bertz CT molecular complexity index is 432. The van der Waals surface area contributed by atoms with Crippen LogP contribution in [0, 0.1) is 6.92 Å². The maximum Gasteiger partial charge on any atom is 0.120 e. The molecule has 3 rings (SSSR count). The van der Waals surface area contributed by atoms with Gasteiger partial charge in [0.05, 0.1) is 0 Å². The molecule has 3 heteroatoms. The first kappa shape index (κ1) is 11.8. The summed E-state index contributed by atoms with van der Waals surface area (Å²) in [6.07, 6.45) is 5.37. The van der Waals surface area contributed by atoms with E-state index in [9.17, 15) is 0 Å². The predicted octanol–water partition coefficient (Wildman–Crippen LogP) is 2.58. The molecular weight excluding hydrogens is 224 g/mol. The van der Waals surface area contributed by atoms with Crippen LogP contribution in [-0.2, 0) is 0 Å². The monoisotopic (exact) mass is 246 g/mol. The number of fused-ring (bicyclic) bond motifs is 2. The fraction of sp³-hybridized carbons (Fsp3) is 0.600. The highest BCUT2D eigenvalue weighted by molar-refractivity contribution is 5.49. The summed E-state index contributed by atoms with van der Waals surface area (Å²) in [6.45, 7) is 2.03. The third-order valence-corrected chi connectivity index (χ3v) is 4.60. The van der Waals surface area contributed by atoms with Gasteiger partial charge in [-0.3, -0.25) is 0 Å². The number of piperidine rings is 1. The van der Waals surface area contributed by atoms with Gasteiger partial charge in [0.2, 0.25) is 0 Å². The van der Waals surface area contributed by atoms with E-state index in [0.717, 1.165) is 41.9 Å². The first-order valence-electron chi connectivity index (χ1n) is 6.88. The summed E-state index contributed by atoms with van der Waals surface area (Å²) in [5.74, 6) is 0.968. The molecule has 0 radical (unpaired) electrons. The predicted molar refractivity (Wildman–Crippen MR) is 73.8 cm³/mol. The molecular formula is C15H22N2O. The number of nitrogen functional groups attached to an aromatic ring is 1. The zero-order chi connectivity index (χ0) is 12.7. The van der Waals surface area contributed by atoms with E-state index in [1.54, 1.807) is 0 Å². The van der Waals surface area contributed by atoms with Crippen molar-refractivity contribution in [2.45, 2.75) is 50.8 Å². The minimum Gasteiger partial charge on any atom is -0.490 e. The van der Waals surface area contributed by atoms with E-state index in [0.29, 0.717) is 6.10 Å². The van der Waals surface area contributed by atoms with Gasteiger partial charge < -0.3 is 15.4 Å². The Morgan fingerprint density at radius 3 is 2.50 bits per heavy atom. The molecule has 0 aliphatic carbocycles. The summed E-state index contributed by atoms with van der Waals surface area (Å²) in [5.41, 5.74) is 7.77. The van der Waals surface area contributed by atoms with Gasteiger partial charge >= 0.3 is 0 Å². The highest BCUT2D eigenvalue weighted by Crippen LogP contribution is 2.36. The summed E-state index contributed by atoms with van der Waals surface area (Å²) >= 11 is 0. The lowest BCUT2D eigenvalue weighted by atomic mass is 10.0. The van der Waals surface area contributed by atoms with Gasteiger partial charge in [0.15, 0.2) is 0 Å². The van der Waals surface area contributed by atoms with Crippen molar-refractivity contribution in [1.29, 1.82) is 0 Å². The van der Waals surface area contributed by atoms with Gasteiger partial charge in [-0.25, -0.2) is 0 Å². The Labute approximate surface area is 109 Å². The van der Waals surface area contributed by atoms with Gasteiger partial charge in [0.1, 0.15) is 11.9 Å². The standard InChI is InChI=1S/C15H22N2O/c1-10-7-13(5-6-15(10)16)18-14-8-11-3-4-12(9-14)17(11)2/h5-7,11-12,14H,3-4,8-9,16H2,1-2H3. The zero-order valence-corrected chi connectivity index (χ0v) is 11.2. The third kappa shape index (κ3) is 2.07. The number of anilines is 1. The molecule has 0 aromatic heterocycles. The number of benzene rings is 1. The number of rotatable bonds is 2. The molecule has 2 aliphatic heterocycles. The minimum atomic E-state index is 0.377. The van der Waals surface area contributed by atoms with E-state index in [2.05, 4.69) is 18.0 Å². The molecule has 2 heterocycles. The largest absolute Gasteiger partial charge is 0.490 e. The Balaban J connectivity index is 1.68. The normalized spacial score (nSPS) is 31.6. The van der Waals surface area contributed by atoms with Gasteiger partial charge in [-0.05, 0) is 63.4 Å². The lowest BCUT2D eigenvalue weighted by Crippen LogP contribution is -2.43. The van der Waals surface area contributed by atoms with Crippen LogP contribution in [0.5, 0.6) is 5.75 Å². The van der Waals surface area contributed by atoms with Crippen molar-refractivity contribution in [3.63, 3.8) is 0 Å². The lowest BCUT2D eigenvalue weighted by molar-refractivity contribution is 0.0661. The van der Waals surface area contributed by atoms with E-state index < -0.39 is 0 Å². The van der Waals surface area contributed by atoms with Crippen molar-refractivity contribution < 1.29 is 4.74 Å². The second-order valence-electron chi connectivity index (χ2n) is 5.78. The quantitative estimate of drug-likeness (QED) is 0.815. The Morgan fingerprint density at radius 2 is 1.89 bits per heavy atom. The highest BCUT2D eigenvalue weighted by atomic mass is 16.5. The van der Waals surface area contributed by atoms with Crippen molar-refractivity contribution >= 4 is 5.69 Å². The van der Waals surface area contributed by atoms with Crippen LogP contribution in [-0.4, -0.2) is 30.1 Å². The highest BCUT2D eigenvalue weighted by Gasteiger charge is 2.39. The number of nitrogens with zero attached hydrogens (tertiary/aromatic N) is 1. The zero-order valence-electron chi connectivity index (χ0n) is 11.2. The minimum absolute atomic E-state index is 0.377. The summed E-state index contributed by atoms with van der Waals surface area (Å²) < 4.78 is 6.14. The van der Waals surface area contributed by atoms with Gasteiger partial charge in [-0.15, -0.1) is 0 Å². The van der Waals surface area contributed by atoms with E-state index >= 15 is 0 Å². The van der Waals surface area contributed by atoms with Gasteiger partial charge in [0, 0.05) is 17.8 Å². The smallest absolute Gasteiger partial charge is 0.120 e. The van der Waals surface area contributed by atoms with Crippen molar-refractivity contribution in [2.24, 2.45) is 0 Å². The second kappa shape index (κ2) is 4.47. The summed E-state index contributed by atoms with van der Waals surface area (Å²) in [6, 6.07) is 7.43. The molecule has 3 nitrogen and oxygen atoms in total. The fourth-order valence-corrected chi connectivity index (χ4v) is 3.37. The summed E-state index contributed by atoms with van der Waals surface area (Å²) in [5, 5.41) is 0. The first-order chi connectivity index (χ1) is 8.63. The molecule has 2 unspecified atom stereocenters. The molecule has 98 valence electrons. The first-order valence-corrected chi connectivity index (χ1v) is 6.88. The van der Waals surface area contributed by atoms with E-state index in [-0.39, 0.29) is 0 Å². The van der Waals surface area contributed by atoms with Crippen LogP contribution in [0.15, 0.2) is 18.2 Å². The number of hydrogen-bond donors (Lipinski definition) is 1.